The van der Waals surface area contributed by atoms with Gasteiger partial charge in [0.1, 0.15) is 17.8 Å². The number of hydrogen-bond donors (Lipinski definition) is 3. The smallest absolute Gasteiger partial charge is 0.272 e. The second-order valence-electron chi connectivity index (χ2n) is 6.97. The summed E-state index contributed by atoms with van der Waals surface area (Å²) in [5.41, 5.74) is 12.6. The van der Waals surface area contributed by atoms with Crippen molar-refractivity contribution >= 4 is 40.5 Å². The van der Waals surface area contributed by atoms with Gasteiger partial charge >= 0.3 is 0 Å². The fraction of sp³-hybridized carbons (Fsp3) is 0.190. The number of hydrazine groups is 1. The molecular formula is C21H21ClFN7O. The van der Waals surface area contributed by atoms with Crippen molar-refractivity contribution in [1.29, 1.82) is 0 Å². The van der Waals surface area contributed by atoms with E-state index in [1.165, 1.54) is 24.5 Å². The highest BCUT2D eigenvalue weighted by Gasteiger charge is 2.22. The van der Waals surface area contributed by atoms with Crippen molar-refractivity contribution in [3.05, 3.63) is 71.3 Å². The maximum Gasteiger partial charge on any atom is 0.272 e. The summed E-state index contributed by atoms with van der Waals surface area (Å²) >= 11 is 6.10. The van der Waals surface area contributed by atoms with Crippen LogP contribution in [-0.4, -0.2) is 42.1 Å². The lowest BCUT2D eigenvalue weighted by atomic mass is 10.2. The second-order valence-corrected chi connectivity index (χ2v) is 7.41. The number of halogens is 2. The van der Waals surface area contributed by atoms with Gasteiger partial charge in [-0.05, 0) is 30.3 Å². The summed E-state index contributed by atoms with van der Waals surface area (Å²) in [7, 11) is 0. The quantitative estimate of drug-likeness (QED) is 0.523. The number of benzene rings is 2. The number of nitrogens with one attached hydrogen (secondary N) is 2. The minimum atomic E-state index is -0.632. The summed E-state index contributed by atoms with van der Waals surface area (Å²) in [4.78, 5) is 24.9. The molecule has 2 aromatic carbocycles. The second kappa shape index (κ2) is 9.05. The van der Waals surface area contributed by atoms with Gasteiger partial charge in [-0.15, -0.1) is 0 Å². The maximum atomic E-state index is 13.8. The Hall–Kier alpha value is -3.59. The molecule has 4 rings (SSSR count). The van der Waals surface area contributed by atoms with Crippen molar-refractivity contribution in [2.24, 2.45) is 0 Å². The number of nitrogens with zero attached hydrogens (tertiary/aromatic N) is 4. The average molecular weight is 442 g/mol. The number of amides is 1. The van der Waals surface area contributed by atoms with Gasteiger partial charge in [0.15, 0.2) is 11.6 Å². The van der Waals surface area contributed by atoms with E-state index in [1.807, 2.05) is 24.3 Å². The molecule has 4 N–H and O–H groups in total. The minimum Gasteiger partial charge on any atom is -0.393 e. The molecule has 0 spiro atoms. The van der Waals surface area contributed by atoms with Crippen LogP contribution in [0.25, 0.3) is 0 Å². The van der Waals surface area contributed by atoms with Crippen molar-refractivity contribution < 1.29 is 9.18 Å². The molecule has 0 bridgehead atoms. The van der Waals surface area contributed by atoms with Crippen LogP contribution in [0.2, 0.25) is 5.02 Å². The molecule has 3 aromatic rings. The number of hydrogen-bond acceptors (Lipinski definition) is 7. The lowest BCUT2D eigenvalue weighted by Crippen LogP contribution is -2.47. The Morgan fingerprint density at radius 1 is 1.03 bits per heavy atom. The number of piperazine rings is 1. The molecule has 0 unspecified atom stereocenters. The largest absolute Gasteiger partial charge is 0.393 e. The Balaban J connectivity index is 1.41. The summed E-state index contributed by atoms with van der Waals surface area (Å²) in [5.74, 6) is -0.432. The zero-order chi connectivity index (χ0) is 21.8. The Morgan fingerprint density at radius 3 is 2.52 bits per heavy atom. The lowest BCUT2D eigenvalue weighted by Gasteiger charge is -2.37. The molecule has 160 valence electrons. The average Bonchev–Trinajstić information content (AvgIpc) is 2.79. The van der Waals surface area contributed by atoms with E-state index < -0.39 is 11.7 Å². The van der Waals surface area contributed by atoms with Gasteiger partial charge < -0.3 is 15.5 Å². The number of nitrogens with two attached hydrogens (primary N) is 1. The first-order chi connectivity index (χ1) is 15.0. The zero-order valence-corrected chi connectivity index (χ0v) is 17.3. The molecule has 1 aliphatic rings. The van der Waals surface area contributed by atoms with Crippen LogP contribution in [0.3, 0.4) is 0 Å². The number of aromatic nitrogens is 2. The molecule has 2 heterocycles. The van der Waals surface area contributed by atoms with Crippen LogP contribution in [-0.2, 0) is 0 Å². The third-order valence-corrected chi connectivity index (χ3v) is 5.26. The molecule has 0 saturated carbocycles. The molecule has 0 atom stereocenters. The molecule has 1 aromatic heterocycles. The molecule has 0 radical (unpaired) electrons. The van der Waals surface area contributed by atoms with Crippen LogP contribution in [0.5, 0.6) is 0 Å². The summed E-state index contributed by atoms with van der Waals surface area (Å²) in [6.07, 6.45) is 1.37. The number of nitrogen functional groups attached to an aromatic ring is 1. The first-order valence-corrected chi connectivity index (χ1v) is 10.1. The Morgan fingerprint density at radius 2 is 1.77 bits per heavy atom. The van der Waals surface area contributed by atoms with Gasteiger partial charge in [0, 0.05) is 36.9 Å². The molecule has 8 nitrogen and oxygen atoms in total. The Kier molecular flexibility index (Phi) is 6.03. The molecule has 1 amide bonds. The van der Waals surface area contributed by atoms with E-state index in [0.29, 0.717) is 29.6 Å². The maximum absolute atomic E-state index is 13.8. The zero-order valence-electron chi connectivity index (χ0n) is 16.6. The van der Waals surface area contributed by atoms with Gasteiger partial charge in [-0.1, -0.05) is 29.8 Å². The normalized spacial score (nSPS) is 13.7. The molecule has 1 fully saturated rings. The van der Waals surface area contributed by atoms with Gasteiger partial charge in [0.25, 0.3) is 5.91 Å². The highest BCUT2D eigenvalue weighted by molar-refractivity contribution is 6.30. The van der Waals surface area contributed by atoms with E-state index in [-0.39, 0.29) is 11.4 Å². The van der Waals surface area contributed by atoms with Gasteiger partial charge in [-0.3, -0.25) is 15.6 Å². The van der Waals surface area contributed by atoms with E-state index in [4.69, 9.17) is 17.3 Å². The predicted molar refractivity (Wildman–Crippen MR) is 120 cm³/mol. The third kappa shape index (κ3) is 4.61. The third-order valence-electron chi connectivity index (χ3n) is 5.03. The van der Waals surface area contributed by atoms with E-state index in [0.717, 1.165) is 18.8 Å². The number of carbonyl (C=O) groups is 1. The molecule has 10 heteroatoms. The highest BCUT2D eigenvalue weighted by atomic mass is 35.5. The lowest BCUT2D eigenvalue weighted by molar-refractivity contribution is 0.0958. The van der Waals surface area contributed by atoms with E-state index in [1.54, 1.807) is 6.07 Å². The van der Waals surface area contributed by atoms with Crippen molar-refractivity contribution in [3.8, 4) is 0 Å². The summed E-state index contributed by atoms with van der Waals surface area (Å²) < 4.78 is 13.8. The van der Waals surface area contributed by atoms with Crippen LogP contribution < -0.4 is 26.4 Å². The highest BCUT2D eigenvalue weighted by Crippen LogP contribution is 2.28. The van der Waals surface area contributed by atoms with E-state index in [2.05, 4.69) is 30.6 Å². The van der Waals surface area contributed by atoms with E-state index >= 15 is 0 Å². The predicted octanol–water partition coefficient (Wildman–Crippen LogP) is 2.93. The first-order valence-electron chi connectivity index (χ1n) is 9.70. The van der Waals surface area contributed by atoms with Crippen molar-refractivity contribution in [2.45, 2.75) is 0 Å². The molecule has 31 heavy (non-hydrogen) atoms. The monoisotopic (exact) mass is 441 g/mol. The number of anilines is 4. The van der Waals surface area contributed by atoms with Crippen LogP contribution >= 0.6 is 11.6 Å². The Labute approximate surface area is 183 Å². The van der Waals surface area contributed by atoms with E-state index in [9.17, 15) is 9.18 Å². The number of carbonyl (C=O) groups excluding carboxylic acids is 1. The van der Waals surface area contributed by atoms with Crippen molar-refractivity contribution in [3.63, 3.8) is 0 Å². The summed E-state index contributed by atoms with van der Waals surface area (Å²) in [6.45, 7) is 2.95. The fourth-order valence-corrected chi connectivity index (χ4v) is 3.60. The van der Waals surface area contributed by atoms with Gasteiger partial charge in [-0.25, -0.2) is 14.4 Å². The Bertz CT molecular complexity index is 1090. The minimum absolute atomic E-state index is 0.0833. The SMILES string of the molecule is Nc1c(NNC(=O)c2ccccc2F)ncnc1N1CCN(c2cccc(Cl)c2)CC1. The molecule has 1 saturated heterocycles. The van der Waals surface area contributed by atoms with Crippen LogP contribution in [0, 0.1) is 5.82 Å². The van der Waals surface area contributed by atoms with Gasteiger partial charge in [0.05, 0.1) is 5.56 Å². The fourth-order valence-electron chi connectivity index (χ4n) is 3.42. The summed E-state index contributed by atoms with van der Waals surface area (Å²) in [6, 6.07) is 13.5. The van der Waals surface area contributed by atoms with Crippen LogP contribution in [0.4, 0.5) is 27.4 Å². The standard InChI is InChI=1S/C21H21ClFN7O/c22-14-4-3-5-15(12-14)29-8-10-30(11-9-29)20-18(24)19(25-13-26-20)27-28-21(31)16-6-1-2-7-17(16)23/h1-7,12-13H,8-11,24H2,(H,28,31)(H,25,26,27). The van der Waals surface area contributed by atoms with Gasteiger partial charge in [0.2, 0.25) is 0 Å². The topological polar surface area (TPSA) is 99.4 Å². The van der Waals surface area contributed by atoms with Crippen LogP contribution in [0.1, 0.15) is 10.4 Å². The molecule has 1 aliphatic heterocycles. The van der Waals surface area contributed by atoms with Crippen molar-refractivity contribution in [2.75, 3.05) is 47.1 Å². The first kappa shape index (κ1) is 20.7. The van der Waals surface area contributed by atoms with Crippen molar-refractivity contribution in [1.82, 2.24) is 15.4 Å². The van der Waals surface area contributed by atoms with Gasteiger partial charge in [-0.2, -0.15) is 0 Å². The van der Waals surface area contributed by atoms with Crippen LogP contribution in [0.15, 0.2) is 54.9 Å². The summed E-state index contributed by atoms with van der Waals surface area (Å²) in [5, 5.41) is 0.702. The number of rotatable bonds is 5. The molecule has 0 aliphatic carbocycles. The molecular weight excluding hydrogens is 421 g/mol.